The molecule has 3 aromatic heterocycles. The van der Waals surface area contributed by atoms with Gasteiger partial charge in [-0.3, -0.25) is 0 Å². The number of aromatic nitrogens is 4. The SMILES string of the molecule is COc1ccc([C@@H]2c3ccc(O)cc3Oc3ncn4nc(-c5ccco5)nc4c32)cc1OC. The predicted octanol–water partition coefficient (Wildman–Crippen LogP) is 4.39. The lowest BCUT2D eigenvalue weighted by molar-refractivity contribution is 0.354. The first kappa shape index (κ1) is 19.2. The van der Waals surface area contributed by atoms with Crippen molar-refractivity contribution in [2.75, 3.05) is 14.2 Å². The molecule has 9 nitrogen and oxygen atoms in total. The van der Waals surface area contributed by atoms with Crippen molar-refractivity contribution in [1.29, 1.82) is 0 Å². The van der Waals surface area contributed by atoms with Crippen LogP contribution in [0.5, 0.6) is 28.9 Å². The van der Waals surface area contributed by atoms with Crippen LogP contribution in [0.15, 0.2) is 65.5 Å². The van der Waals surface area contributed by atoms with Crippen LogP contribution < -0.4 is 14.2 Å². The zero-order valence-electron chi connectivity index (χ0n) is 17.7. The third-order valence-electron chi connectivity index (χ3n) is 5.67. The fraction of sp³-hybridized carbons (Fsp3) is 0.125. The highest BCUT2D eigenvalue weighted by Crippen LogP contribution is 2.49. The topological polar surface area (TPSA) is 104 Å². The molecule has 164 valence electrons. The Morgan fingerprint density at radius 2 is 1.91 bits per heavy atom. The van der Waals surface area contributed by atoms with E-state index < -0.39 is 0 Å². The van der Waals surface area contributed by atoms with Crippen molar-refractivity contribution in [3.8, 4) is 40.5 Å². The molecule has 0 radical (unpaired) electrons. The van der Waals surface area contributed by atoms with E-state index in [1.165, 1.54) is 0 Å². The number of hydrogen-bond donors (Lipinski definition) is 1. The normalized spacial score (nSPS) is 14.4. The lowest BCUT2D eigenvalue weighted by Gasteiger charge is -2.28. The smallest absolute Gasteiger partial charge is 0.228 e. The Kier molecular flexibility index (Phi) is 4.22. The zero-order chi connectivity index (χ0) is 22.5. The van der Waals surface area contributed by atoms with Gasteiger partial charge in [-0.05, 0) is 35.9 Å². The van der Waals surface area contributed by atoms with Gasteiger partial charge in [0.2, 0.25) is 11.7 Å². The van der Waals surface area contributed by atoms with Crippen molar-refractivity contribution in [3.63, 3.8) is 0 Å². The Morgan fingerprint density at radius 3 is 2.70 bits per heavy atom. The highest BCUT2D eigenvalue weighted by molar-refractivity contribution is 5.68. The first-order valence-electron chi connectivity index (χ1n) is 10.2. The number of methoxy groups -OCH3 is 2. The van der Waals surface area contributed by atoms with Gasteiger partial charge >= 0.3 is 0 Å². The molecule has 1 aliphatic heterocycles. The Bertz CT molecular complexity index is 1490. The van der Waals surface area contributed by atoms with E-state index in [2.05, 4.69) is 10.1 Å². The Balaban J connectivity index is 1.62. The van der Waals surface area contributed by atoms with Crippen LogP contribution in [0, 0.1) is 0 Å². The van der Waals surface area contributed by atoms with Gasteiger partial charge in [0.1, 0.15) is 17.8 Å². The molecule has 0 unspecified atom stereocenters. The molecule has 0 saturated heterocycles. The van der Waals surface area contributed by atoms with Gasteiger partial charge in [0.25, 0.3) is 0 Å². The minimum absolute atomic E-state index is 0.104. The Morgan fingerprint density at radius 1 is 1.03 bits per heavy atom. The molecule has 4 heterocycles. The molecule has 0 saturated carbocycles. The summed E-state index contributed by atoms with van der Waals surface area (Å²) in [6.07, 6.45) is 3.13. The van der Waals surface area contributed by atoms with Crippen LogP contribution in [-0.2, 0) is 0 Å². The van der Waals surface area contributed by atoms with Gasteiger partial charge in [-0.2, -0.15) is 0 Å². The molecule has 0 spiro atoms. The molecule has 0 amide bonds. The largest absolute Gasteiger partial charge is 0.508 e. The van der Waals surface area contributed by atoms with Gasteiger partial charge in [0.05, 0.1) is 26.0 Å². The number of furan rings is 1. The standard InChI is InChI=1S/C24H18N4O5/c1-30-16-8-5-13(10-19(16)31-2)20-15-7-6-14(29)11-18(15)33-24-21(20)23-26-22(17-4-3-9-32-17)27-28(23)12-25-24/h3-12,20,29H,1-2H3/t20-/m1/s1. The lowest BCUT2D eigenvalue weighted by Crippen LogP contribution is -2.15. The van der Waals surface area contributed by atoms with Crippen molar-refractivity contribution >= 4 is 5.65 Å². The molecule has 0 bridgehead atoms. The average Bonchev–Trinajstić information content (AvgIpc) is 3.52. The fourth-order valence-electron chi connectivity index (χ4n) is 4.19. The molecule has 33 heavy (non-hydrogen) atoms. The van der Waals surface area contributed by atoms with Crippen LogP contribution in [-0.4, -0.2) is 38.9 Å². The quantitative estimate of drug-likeness (QED) is 0.429. The average molecular weight is 442 g/mol. The summed E-state index contributed by atoms with van der Waals surface area (Å²) >= 11 is 0. The summed E-state index contributed by atoms with van der Waals surface area (Å²) in [7, 11) is 3.19. The van der Waals surface area contributed by atoms with Crippen LogP contribution >= 0.6 is 0 Å². The van der Waals surface area contributed by atoms with Crippen LogP contribution in [0.25, 0.3) is 17.2 Å². The molecule has 1 aliphatic rings. The van der Waals surface area contributed by atoms with E-state index in [1.54, 1.807) is 55.6 Å². The summed E-state index contributed by atoms with van der Waals surface area (Å²) in [6.45, 7) is 0. The third kappa shape index (κ3) is 2.97. The molecule has 1 atom stereocenters. The number of fused-ring (bicyclic) bond motifs is 4. The second kappa shape index (κ2) is 7.27. The van der Waals surface area contributed by atoms with Crippen LogP contribution in [0.3, 0.4) is 0 Å². The van der Waals surface area contributed by atoms with Gasteiger partial charge < -0.3 is 23.7 Å². The second-order valence-corrected chi connectivity index (χ2v) is 7.52. The maximum absolute atomic E-state index is 10.1. The van der Waals surface area contributed by atoms with Gasteiger partial charge in [-0.1, -0.05) is 12.1 Å². The zero-order valence-corrected chi connectivity index (χ0v) is 17.7. The number of phenolic OH excluding ortho intramolecular Hbond substituents is 1. The lowest BCUT2D eigenvalue weighted by atomic mass is 9.83. The molecular weight excluding hydrogens is 424 g/mol. The van der Waals surface area contributed by atoms with E-state index in [0.717, 1.165) is 16.7 Å². The van der Waals surface area contributed by atoms with Gasteiger partial charge in [-0.15, -0.1) is 5.10 Å². The van der Waals surface area contributed by atoms with Crippen molar-refractivity contribution in [3.05, 3.63) is 77.8 Å². The number of rotatable bonds is 4. The van der Waals surface area contributed by atoms with Gasteiger partial charge in [0, 0.05) is 17.5 Å². The molecule has 1 N–H and O–H groups in total. The number of aromatic hydroxyl groups is 1. The van der Waals surface area contributed by atoms with Crippen molar-refractivity contribution in [2.45, 2.75) is 5.92 Å². The second-order valence-electron chi connectivity index (χ2n) is 7.52. The van der Waals surface area contributed by atoms with Crippen LogP contribution in [0.1, 0.15) is 22.6 Å². The van der Waals surface area contributed by atoms with Crippen molar-refractivity contribution in [2.24, 2.45) is 0 Å². The van der Waals surface area contributed by atoms with Gasteiger partial charge in [0.15, 0.2) is 22.9 Å². The number of ether oxygens (including phenoxy) is 3. The van der Waals surface area contributed by atoms with E-state index >= 15 is 0 Å². The van der Waals surface area contributed by atoms with Crippen molar-refractivity contribution in [1.82, 2.24) is 19.6 Å². The number of nitrogens with zero attached hydrogens (tertiary/aromatic N) is 4. The molecule has 6 rings (SSSR count). The van der Waals surface area contributed by atoms with E-state index in [9.17, 15) is 5.11 Å². The molecular formula is C24H18N4O5. The Hall–Kier alpha value is -4.53. The van der Waals surface area contributed by atoms with E-state index in [4.69, 9.17) is 23.6 Å². The van der Waals surface area contributed by atoms with Crippen LogP contribution in [0.2, 0.25) is 0 Å². The number of benzene rings is 2. The van der Waals surface area contributed by atoms with E-state index in [1.807, 2.05) is 24.3 Å². The predicted molar refractivity (Wildman–Crippen MR) is 117 cm³/mol. The number of phenols is 1. The number of hydrogen-bond acceptors (Lipinski definition) is 8. The summed E-state index contributed by atoms with van der Waals surface area (Å²) in [5.74, 6) is 2.92. The molecule has 9 heteroatoms. The van der Waals surface area contributed by atoms with E-state index in [-0.39, 0.29) is 11.7 Å². The summed E-state index contributed by atoms with van der Waals surface area (Å²) in [4.78, 5) is 9.24. The summed E-state index contributed by atoms with van der Waals surface area (Å²) in [5, 5.41) is 14.6. The molecule has 0 aliphatic carbocycles. The molecule has 2 aromatic carbocycles. The first-order chi connectivity index (χ1) is 16.2. The minimum atomic E-state index is -0.311. The molecule has 0 fully saturated rings. The maximum Gasteiger partial charge on any atom is 0.228 e. The van der Waals surface area contributed by atoms with Gasteiger partial charge in [-0.25, -0.2) is 14.5 Å². The monoisotopic (exact) mass is 442 g/mol. The summed E-state index contributed by atoms with van der Waals surface area (Å²) in [6, 6.07) is 14.4. The Labute approximate surface area is 187 Å². The van der Waals surface area contributed by atoms with Crippen molar-refractivity contribution < 1.29 is 23.7 Å². The third-order valence-corrected chi connectivity index (χ3v) is 5.67. The highest BCUT2D eigenvalue weighted by Gasteiger charge is 2.34. The fourth-order valence-corrected chi connectivity index (χ4v) is 4.19. The van der Waals surface area contributed by atoms with Crippen LogP contribution in [0.4, 0.5) is 0 Å². The minimum Gasteiger partial charge on any atom is -0.508 e. The molecule has 5 aromatic rings. The summed E-state index contributed by atoms with van der Waals surface area (Å²) in [5.41, 5.74) is 3.10. The maximum atomic E-state index is 10.1. The first-order valence-corrected chi connectivity index (χ1v) is 10.2. The van der Waals surface area contributed by atoms with E-state index in [0.29, 0.717) is 40.4 Å². The summed E-state index contributed by atoms with van der Waals surface area (Å²) < 4.78 is 24.1. The highest BCUT2D eigenvalue weighted by atomic mass is 16.5.